The molecule has 330 valence electrons. The van der Waals surface area contributed by atoms with Crippen LogP contribution in [0.5, 0.6) is 0 Å². The molecule has 10 atom stereocenters. The molecule has 2 fully saturated rings. The molecule has 2 N–H and O–H groups in total. The molecule has 4 rings (SSSR count). The van der Waals surface area contributed by atoms with Gasteiger partial charge in [0.2, 0.25) is 11.8 Å². The second-order valence-corrected chi connectivity index (χ2v) is 14.1. The highest BCUT2D eigenvalue weighted by Crippen LogP contribution is 2.34. The zero-order valence-electron chi connectivity index (χ0n) is 34.4. The lowest BCUT2D eigenvalue weighted by atomic mass is 9.95. The maximum Gasteiger partial charge on any atom is 0.303 e. The lowest BCUT2D eigenvalue weighted by Gasteiger charge is -2.45. The van der Waals surface area contributed by atoms with Crippen LogP contribution in [-0.4, -0.2) is 140 Å². The van der Waals surface area contributed by atoms with Crippen LogP contribution in [0.15, 0.2) is 12.4 Å². The molecule has 0 spiro atoms. The third-order valence-electron chi connectivity index (χ3n) is 8.93. The van der Waals surface area contributed by atoms with Crippen LogP contribution < -0.4 is 10.6 Å². The highest BCUT2D eigenvalue weighted by molar-refractivity contribution is 5.74. The van der Waals surface area contributed by atoms with Gasteiger partial charge in [0, 0.05) is 55.4 Å². The summed E-state index contributed by atoms with van der Waals surface area (Å²) in [5, 5.41) is 22.3. The molecule has 2 aromatic rings. The Balaban J connectivity index is 1.49. The summed E-state index contributed by atoms with van der Waals surface area (Å²) >= 11 is 0. The van der Waals surface area contributed by atoms with Crippen molar-refractivity contribution in [2.24, 2.45) is 0 Å². The molecule has 0 aliphatic carbocycles. The Bertz CT molecular complexity index is 1750. The molecule has 2 aliphatic rings. The summed E-state index contributed by atoms with van der Waals surface area (Å²) < 4.78 is 47.4. The third-order valence-corrected chi connectivity index (χ3v) is 8.93. The van der Waals surface area contributed by atoms with Crippen molar-refractivity contribution in [1.29, 1.82) is 0 Å². The second-order valence-electron chi connectivity index (χ2n) is 14.1. The fraction of sp³-hybridized carbons (Fsp3) is 0.667. The average molecular weight is 851 g/mol. The van der Waals surface area contributed by atoms with E-state index < -0.39 is 109 Å². The number of nitrogens with one attached hydrogen (secondary N) is 2. The van der Waals surface area contributed by atoms with Crippen LogP contribution >= 0.6 is 0 Å². The van der Waals surface area contributed by atoms with Crippen LogP contribution in [0.2, 0.25) is 0 Å². The van der Waals surface area contributed by atoms with Crippen molar-refractivity contribution in [2.75, 3.05) is 13.2 Å². The smallest absolute Gasteiger partial charge is 0.303 e. The molecule has 0 aromatic carbocycles. The molecule has 0 saturated carbocycles. The van der Waals surface area contributed by atoms with Gasteiger partial charge in [0.05, 0.1) is 23.8 Å². The van der Waals surface area contributed by atoms with Gasteiger partial charge in [-0.2, -0.15) is 0 Å². The number of amides is 2. The molecule has 4 heterocycles. The largest absolute Gasteiger partial charge is 0.463 e. The van der Waals surface area contributed by atoms with Crippen LogP contribution in [0, 0.1) is 0 Å². The van der Waals surface area contributed by atoms with Crippen LogP contribution in [0.25, 0.3) is 0 Å². The first-order valence-electron chi connectivity index (χ1n) is 18.9. The van der Waals surface area contributed by atoms with E-state index in [0.29, 0.717) is 37.1 Å². The van der Waals surface area contributed by atoms with Gasteiger partial charge in [0.1, 0.15) is 37.5 Å². The topological polar surface area (TPSA) is 296 Å². The van der Waals surface area contributed by atoms with E-state index in [2.05, 4.69) is 31.3 Å². The number of hydrogen-bond donors (Lipinski definition) is 2. The van der Waals surface area contributed by atoms with Gasteiger partial charge in [-0.25, -0.2) is 9.36 Å². The molecule has 2 saturated heterocycles. The summed E-state index contributed by atoms with van der Waals surface area (Å²) in [5.41, 5.74) is 1.05. The van der Waals surface area contributed by atoms with Crippen LogP contribution in [0.4, 0.5) is 0 Å². The van der Waals surface area contributed by atoms with E-state index in [1.165, 1.54) is 37.1 Å². The highest BCUT2D eigenvalue weighted by atomic mass is 16.6. The molecular weight excluding hydrogens is 800 g/mol. The minimum absolute atomic E-state index is 0.377. The predicted octanol–water partition coefficient (Wildman–Crippen LogP) is -0.908. The molecule has 0 bridgehead atoms. The van der Waals surface area contributed by atoms with Gasteiger partial charge in [0.25, 0.3) is 0 Å². The zero-order chi connectivity index (χ0) is 44.3. The number of rotatable bonds is 17. The second kappa shape index (κ2) is 21.3. The summed E-state index contributed by atoms with van der Waals surface area (Å²) in [7, 11) is 0. The average Bonchev–Trinajstić information content (AvgIpc) is 3.81. The van der Waals surface area contributed by atoms with E-state index >= 15 is 0 Å². The Morgan fingerprint density at radius 2 is 0.867 bits per heavy atom. The minimum atomic E-state index is -1.27. The Morgan fingerprint density at radius 1 is 0.533 bits per heavy atom. The molecule has 24 heteroatoms. The van der Waals surface area contributed by atoms with E-state index in [4.69, 9.17) is 37.9 Å². The Labute approximate surface area is 343 Å². The van der Waals surface area contributed by atoms with E-state index in [0.717, 1.165) is 27.7 Å². The van der Waals surface area contributed by atoms with Crippen molar-refractivity contribution in [3.8, 4) is 0 Å². The Kier molecular flexibility index (Phi) is 16.5. The summed E-state index contributed by atoms with van der Waals surface area (Å²) in [6.45, 7) is 8.67. The van der Waals surface area contributed by atoms with Crippen molar-refractivity contribution < 1.29 is 76.3 Å². The maximum absolute atomic E-state index is 12.3. The van der Waals surface area contributed by atoms with Crippen molar-refractivity contribution >= 4 is 47.6 Å². The highest BCUT2D eigenvalue weighted by Gasteiger charge is 2.53. The van der Waals surface area contributed by atoms with E-state index in [1.807, 2.05) is 0 Å². The number of unbranched alkanes of at least 4 members (excludes halogenated alkanes) is 1. The Hall–Kier alpha value is -6.04. The molecule has 60 heavy (non-hydrogen) atoms. The van der Waals surface area contributed by atoms with Gasteiger partial charge in [-0.3, -0.25) is 38.4 Å². The fourth-order valence-electron chi connectivity index (χ4n) is 6.79. The predicted molar refractivity (Wildman–Crippen MR) is 195 cm³/mol. The maximum atomic E-state index is 12.3. The van der Waals surface area contributed by atoms with Crippen LogP contribution in [-0.2, 0) is 89.1 Å². The van der Waals surface area contributed by atoms with Gasteiger partial charge in [-0.05, 0) is 25.7 Å². The number of aromatic nitrogens is 6. The van der Waals surface area contributed by atoms with Gasteiger partial charge in [-0.1, -0.05) is 10.4 Å². The van der Waals surface area contributed by atoms with Crippen molar-refractivity contribution in [2.45, 2.75) is 142 Å². The normalized spacial score (nSPS) is 26.1. The monoisotopic (exact) mass is 850 g/mol. The molecule has 0 radical (unpaired) electrons. The number of carbonyl (C=O) groups excluding carboxylic acids is 8. The van der Waals surface area contributed by atoms with Crippen LogP contribution in [0.1, 0.15) is 92.1 Å². The Morgan fingerprint density at radius 3 is 1.17 bits per heavy atom. The minimum Gasteiger partial charge on any atom is -0.463 e. The van der Waals surface area contributed by atoms with Gasteiger partial charge < -0.3 is 48.5 Å². The van der Waals surface area contributed by atoms with Crippen molar-refractivity contribution in [1.82, 2.24) is 40.6 Å². The van der Waals surface area contributed by atoms with E-state index in [1.54, 1.807) is 12.4 Å². The number of carbonyl (C=O) groups is 8. The van der Waals surface area contributed by atoms with Crippen molar-refractivity contribution in [3.05, 3.63) is 23.8 Å². The SMILES string of the molecule is CC(=O)N[C@@H]1[C@@H](OC(C)=O)[C@H](OC(C)=O)[C@@H](COC(C)=O)O[C@H]1n1cc(CCCCc2cn([C@@H]3O[C@H](COC(C)=O)[C@@H](OC(C)=O)[C@H](OC(C)=O)[C@H]3NC(C)=O)nn2)nn1. The lowest BCUT2D eigenvalue weighted by Crippen LogP contribution is -2.64. The first-order chi connectivity index (χ1) is 28.3. The quantitative estimate of drug-likeness (QED) is 0.111. The number of hydrogen-bond acceptors (Lipinski definition) is 20. The molecular formula is C36H50N8O16. The van der Waals surface area contributed by atoms with E-state index in [-0.39, 0.29) is 13.2 Å². The van der Waals surface area contributed by atoms with Gasteiger partial charge >= 0.3 is 35.8 Å². The number of esters is 6. The first-order valence-corrected chi connectivity index (χ1v) is 18.9. The summed E-state index contributed by atoms with van der Waals surface area (Å²) in [6.07, 6.45) is -4.51. The molecule has 0 unspecified atom stereocenters. The third kappa shape index (κ3) is 13.2. The fourth-order valence-corrected chi connectivity index (χ4v) is 6.79. The van der Waals surface area contributed by atoms with E-state index in [9.17, 15) is 38.4 Å². The number of nitrogens with zero attached hydrogens (tertiary/aromatic N) is 6. The molecule has 2 aliphatic heterocycles. The van der Waals surface area contributed by atoms with Crippen LogP contribution in [0.3, 0.4) is 0 Å². The molecule has 2 aromatic heterocycles. The van der Waals surface area contributed by atoms with Gasteiger partial charge in [-0.15, -0.1) is 10.2 Å². The summed E-state index contributed by atoms with van der Waals surface area (Å²) in [5.74, 6) is -5.24. The molecule has 2 amide bonds. The molecule has 24 nitrogen and oxygen atoms in total. The van der Waals surface area contributed by atoms with Gasteiger partial charge in [0.15, 0.2) is 36.9 Å². The first kappa shape index (κ1) is 46.6. The van der Waals surface area contributed by atoms with Crippen molar-refractivity contribution in [3.63, 3.8) is 0 Å². The zero-order valence-corrected chi connectivity index (χ0v) is 34.4. The summed E-state index contributed by atoms with van der Waals surface area (Å²) in [4.78, 5) is 96.6. The summed E-state index contributed by atoms with van der Waals surface area (Å²) in [6, 6.07) is -2.23. The number of aryl methyl sites for hydroxylation is 2. The lowest BCUT2D eigenvalue weighted by molar-refractivity contribution is -0.239. The standard InChI is InChI=1S/C36H50N8O16/c1-17(45)37-29-33(57-23(7)51)31(55-21(5)49)27(15-53-19(3)47)59-35(29)43-13-25(39-41-43)11-9-10-12-26-14-44(42-40-26)36-30(38-18(2)46)34(58-24(8)52)32(56-22(6)50)28(60-36)16-54-20(4)48/h13-14,27-36H,9-12,15-16H2,1-8H3,(H,37,45)(H,38,46)/t27-,28-,29-,30-,31-,32-,33-,34-,35-,36-/m1/s1. The number of ether oxygens (including phenoxy) is 8.